The fourth-order valence-corrected chi connectivity index (χ4v) is 6.91. The molecule has 5 aromatic rings. The summed E-state index contributed by atoms with van der Waals surface area (Å²) in [6.45, 7) is 6.58. The van der Waals surface area contributed by atoms with Gasteiger partial charge in [0.1, 0.15) is 5.58 Å². The first-order valence-corrected chi connectivity index (χ1v) is 16.0. The first kappa shape index (κ1) is 32.1. The van der Waals surface area contributed by atoms with Gasteiger partial charge in [-0.1, -0.05) is 93.8 Å². The van der Waals surface area contributed by atoms with Gasteiger partial charge in [0.05, 0.1) is 11.3 Å². The number of para-hydroxylation sites is 1. The molecule has 7 rings (SSSR count). The second-order valence-electron chi connectivity index (χ2n) is 12.9. The predicted molar refractivity (Wildman–Crippen MR) is 176 cm³/mol. The average molecular weight is 765 g/mol. The fourth-order valence-electron chi connectivity index (χ4n) is 6.91. The molecule has 0 aliphatic heterocycles. The van der Waals surface area contributed by atoms with Gasteiger partial charge >= 0.3 is 0 Å². The number of aliphatic hydroxyl groups excluding tert-OH is 1. The number of carbonyl (C=O) groups excluding carboxylic acids is 1. The maximum Gasteiger partial charge on any atom is 0.162 e. The van der Waals surface area contributed by atoms with E-state index in [0.29, 0.717) is 11.7 Å². The molecule has 44 heavy (non-hydrogen) atoms. The summed E-state index contributed by atoms with van der Waals surface area (Å²) >= 11 is 0. The Bertz CT molecular complexity index is 1790. The van der Waals surface area contributed by atoms with E-state index in [-0.39, 0.29) is 37.7 Å². The Balaban J connectivity index is 0.000000204. The zero-order valence-corrected chi connectivity index (χ0v) is 28.4. The van der Waals surface area contributed by atoms with Crippen LogP contribution in [0.5, 0.6) is 0 Å². The van der Waals surface area contributed by atoms with Gasteiger partial charge in [0.15, 0.2) is 5.78 Å². The van der Waals surface area contributed by atoms with E-state index in [1.54, 1.807) is 0 Å². The molecule has 0 unspecified atom stereocenters. The van der Waals surface area contributed by atoms with Crippen LogP contribution >= 0.6 is 0 Å². The Morgan fingerprint density at radius 1 is 0.955 bits per heavy atom. The molecule has 2 aliphatic rings. The molecule has 1 radical (unpaired) electrons. The molecule has 2 aliphatic carbocycles. The van der Waals surface area contributed by atoms with Gasteiger partial charge in [0.2, 0.25) is 0 Å². The molecule has 2 fully saturated rings. The Hall–Kier alpha value is -3.27. The summed E-state index contributed by atoms with van der Waals surface area (Å²) in [5.41, 5.74) is 6.08. The van der Waals surface area contributed by atoms with E-state index in [1.807, 2.05) is 18.3 Å². The smallest absolute Gasteiger partial charge is 0.162 e. The molecule has 0 spiro atoms. The van der Waals surface area contributed by atoms with Crippen molar-refractivity contribution in [3.63, 3.8) is 0 Å². The number of ketones is 1. The number of aromatic nitrogens is 1. The minimum Gasteiger partial charge on any atom is -0.512 e. The quantitative estimate of drug-likeness (QED) is 0.106. The van der Waals surface area contributed by atoms with Crippen molar-refractivity contribution in [2.24, 2.45) is 17.8 Å². The molecule has 5 heteroatoms. The van der Waals surface area contributed by atoms with E-state index in [2.05, 4.69) is 69.3 Å². The number of pyridine rings is 1. The molecule has 2 heterocycles. The van der Waals surface area contributed by atoms with Crippen LogP contribution in [0.2, 0.25) is 0 Å². The van der Waals surface area contributed by atoms with Gasteiger partial charge in [-0.05, 0) is 72.2 Å². The summed E-state index contributed by atoms with van der Waals surface area (Å²) < 4.78 is 6.25. The average Bonchev–Trinajstić information content (AvgIpc) is 3.78. The number of hydrogen-bond acceptors (Lipinski definition) is 4. The predicted octanol–water partition coefficient (Wildman–Crippen LogP) is 10.5. The standard InChI is InChI=1S/C26H22NO.C13H20O2.Ir/c1-16(2)12-18-8-9-20-19(15-18)10-11-27-25(20)23-14-17(3)13-22-21-6-4-5-7-24(21)28-26(22)23;14-12(10-5-1-2-6-10)9-13(15)11-7-3-4-8-11;/h4-11,13,15-16H,12H2,1-3H3;9-11,14H,1-8H2;/q-1;;/b;12-9-;. The summed E-state index contributed by atoms with van der Waals surface area (Å²) in [4.78, 5) is 16.5. The normalized spacial score (nSPS) is 16.0. The van der Waals surface area contributed by atoms with Gasteiger partial charge < -0.3 is 14.5 Å². The number of fused-ring (bicyclic) bond motifs is 4. The van der Waals surface area contributed by atoms with E-state index in [9.17, 15) is 9.90 Å². The van der Waals surface area contributed by atoms with E-state index in [4.69, 9.17) is 9.40 Å². The van der Waals surface area contributed by atoms with Gasteiger partial charge in [0, 0.05) is 49.6 Å². The summed E-state index contributed by atoms with van der Waals surface area (Å²) in [7, 11) is 0. The molecule has 0 saturated heterocycles. The third kappa shape index (κ3) is 7.00. The second-order valence-corrected chi connectivity index (χ2v) is 12.9. The van der Waals surface area contributed by atoms with Gasteiger partial charge in [-0.25, -0.2) is 0 Å². The first-order valence-electron chi connectivity index (χ1n) is 16.0. The van der Waals surface area contributed by atoms with Crippen molar-refractivity contribution in [3.05, 3.63) is 89.8 Å². The molecular weight excluding hydrogens is 723 g/mol. The number of aryl methyl sites for hydroxylation is 1. The van der Waals surface area contributed by atoms with Crippen LogP contribution in [0.25, 0.3) is 44.0 Å². The second kappa shape index (κ2) is 14.2. The van der Waals surface area contributed by atoms with Crippen molar-refractivity contribution in [1.29, 1.82) is 0 Å². The fraction of sp³-hybridized carbons (Fsp3) is 0.385. The molecule has 2 saturated carbocycles. The van der Waals surface area contributed by atoms with Crippen molar-refractivity contribution < 1.29 is 34.4 Å². The number of rotatable bonds is 6. The SMILES string of the molecule is Cc1[c-]c(-c2nccc3cc(CC(C)C)ccc23)c2oc3ccccc3c2c1.O=C(/C=C(\O)C1CCCC1)C1CCCC1.[Ir]. The third-order valence-corrected chi connectivity index (χ3v) is 9.07. The van der Waals surface area contributed by atoms with Crippen LogP contribution in [-0.2, 0) is 31.3 Å². The van der Waals surface area contributed by atoms with Crippen molar-refractivity contribution in [2.75, 3.05) is 0 Å². The van der Waals surface area contributed by atoms with Crippen LogP contribution in [0.4, 0.5) is 0 Å². The monoisotopic (exact) mass is 765 g/mol. The first-order chi connectivity index (χ1) is 20.9. The number of benzene rings is 3. The van der Waals surface area contributed by atoms with E-state index < -0.39 is 0 Å². The number of allylic oxidation sites excluding steroid dienone is 2. The summed E-state index contributed by atoms with van der Waals surface area (Å²) in [5.74, 6) is 1.63. The molecule has 2 aromatic heterocycles. The van der Waals surface area contributed by atoms with Crippen molar-refractivity contribution >= 4 is 38.5 Å². The summed E-state index contributed by atoms with van der Waals surface area (Å²) in [5, 5.41) is 14.4. The van der Waals surface area contributed by atoms with Crippen molar-refractivity contribution in [2.45, 2.75) is 78.6 Å². The van der Waals surface area contributed by atoms with Crippen molar-refractivity contribution in [1.82, 2.24) is 4.98 Å². The maximum atomic E-state index is 11.8. The number of carbonyl (C=O) groups is 1. The van der Waals surface area contributed by atoms with Gasteiger partial charge in [-0.2, -0.15) is 0 Å². The number of hydrogen-bond donors (Lipinski definition) is 1. The number of furan rings is 1. The molecule has 0 atom stereocenters. The minimum atomic E-state index is 0. The van der Waals surface area contributed by atoms with Crippen LogP contribution in [-0.4, -0.2) is 15.9 Å². The Morgan fingerprint density at radius 3 is 2.39 bits per heavy atom. The van der Waals surface area contributed by atoms with E-state index >= 15 is 0 Å². The van der Waals surface area contributed by atoms with Crippen LogP contribution in [0, 0.1) is 30.7 Å². The zero-order chi connectivity index (χ0) is 29.9. The van der Waals surface area contributed by atoms with Crippen LogP contribution in [0.1, 0.15) is 76.3 Å². The van der Waals surface area contributed by atoms with E-state index in [1.165, 1.54) is 42.7 Å². The maximum absolute atomic E-state index is 11.8. The zero-order valence-electron chi connectivity index (χ0n) is 26.0. The number of nitrogens with zero attached hydrogens (tertiary/aromatic N) is 1. The molecule has 4 nitrogen and oxygen atoms in total. The molecule has 1 N–H and O–H groups in total. The number of aliphatic hydroxyl groups is 1. The molecule has 231 valence electrons. The van der Waals surface area contributed by atoms with E-state index in [0.717, 1.165) is 76.2 Å². The van der Waals surface area contributed by atoms with Crippen LogP contribution < -0.4 is 0 Å². The minimum absolute atomic E-state index is 0. The van der Waals surface area contributed by atoms with Gasteiger partial charge in [0.25, 0.3) is 0 Å². The molecule has 3 aromatic carbocycles. The molecule has 0 amide bonds. The summed E-state index contributed by atoms with van der Waals surface area (Å²) in [6, 6.07) is 22.6. The third-order valence-electron chi connectivity index (χ3n) is 9.07. The van der Waals surface area contributed by atoms with Crippen molar-refractivity contribution in [3.8, 4) is 11.3 Å². The summed E-state index contributed by atoms with van der Waals surface area (Å²) in [6.07, 6.45) is 13.4. The largest absolute Gasteiger partial charge is 0.512 e. The van der Waals surface area contributed by atoms with Gasteiger partial charge in [-0.15, -0.1) is 17.7 Å². The van der Waals surface area contributed by atoms with Crippen LogP contribution in [0.15, 0.2) is 77.0 Å². The molecular formula is C39H42IrNO3-. The van der Waals surface area contributed by atoms with Gasteiger partial charge in [-0.3, -0.25) is 4.79 Å². The molecule has 0 bridgehead atoms. The Morgan fingerprint density at radius 2 is 1.66 bits per heavy atom. The topological polar surface area (TPSA) is 63.3 Å². The van der Waals surface area contributed by atoms with Crippen LogP contribution in [0.3, 0.4) is 0 Å². The Labute approximate surface area is 274 Å². The Kier molecular flexibility index (Phi) is 10.4.